The van der Waals surface area contributed by atoms with Crippen molar-refractivity contribution in [2.45, 2.75) is 12.5 Å². The topological polar surface area (TPSA) is 59.6 Å². The number of hydrogen-bond acceptors (Lipinski definition) is 4. The summed E-state index contributed by atoms with van der Waals surface area (Å²) in [7, 11) is 0. The molecule has 1 unspecified atom stereocenters. The van der Waals surface area contributed by atoms with E-state index in [1.165, 1.54) is 11.1 Å². The Labute approximate surface area is 146 Å². The van der Waals surface area contributed by atoms with Crippen LogP contribution in [0.5, 0.6) is 11.5 Å². The van der Waals surface area contributed by atoms with E-state index in [4.69, 9.17) is 9.47 Å². The molecule has 2 aliphatic heterocycles. The Morgan fingerprint density at radius 3 is 2.92 bits per heavy atom. The monoisotopic (exact) mass is 346 g/mol. The minimum Gasteiger partial charge on any atom is -0.454 e. The van der Waals surface area contributed by atoms with Gasteiger partial charge < -0.3 is 20.1 Å². The standard InChI is InChI=1S/C18H18N2O3.ClH/c21-18(13-5-6-16-17(9-13)23-11-22-16)20-10-15-14-4-2-1-3-12(14)7-8-19-15;/h1-6,9,15,19H,7-8,10-11H2,(H,20,21);1H. The van der Waals surface area contributed by atoms with Crippen LogP contribution in [-0.4, -0.2) is 25.8 Å². The number of rotatable bonds is 3. The Morgan fingerprint density at radius 2 is 2.00 bits per heavy atom. The van der Waals surface area contributed by atoms with Crippen molar-refractivity contribution in [3.05, 3.63) is 59.2 Å². The molecule has 0 saturated carbocycles. The third-order valence-corrected chi connectivity index (χ3v) is 4.32. The summed E-state index contributed by atoms with van der Waals surface area (Å²) in [5.74, 6) is 1.20. The summed E-state index contributed by atoms with van der Waals surface area (Å²) < 4.78 is 10.6. The van der Waals surface area contributed by atoms with Gasteiger partial charge >= 0.3 is 0 Å². The molecule has 2 N–H and O–H groups in total. The number of amides is 1. The third-order valence-electron chi connectivity index (χ3n) is 4.32. The predicted octanol–water partition coefficient (Wildman–Crippen LogP) is 2.45. The molecule has 0 radical (unpaired) electrons. The van der Waals surface area contributed by atoms with Gasteiger partial charge in [0.2, 0.25) is 6.79 Å². The number of carbonyl (C=O) groups excluding carboxylic acids is 1. The number of ether oxygens (including phenoxy) is 2. The molecule has 0 aromatic heterocycles. The molecule has 0 aliphatic carbocycles. The van der Waals surface area contributed by atoms with Gasteiger partial charge in [-0.2, -0.15) is 0 Å². The minimum atomic E-state index is -0.104. The molecule has 2 aromatic rings. The van der Waals surface area contributed by atoms with E-state index in [-0.39, 0.29) is 31.1 Å². The molecular formula is C18H19ClN2O3. The Balaban J connectivity index is 0.00000169. The lowest BCUT2D eigenvalue weighted by atomic mass is 9.94. The zero-order valence-corrected chi connectivity index (χ0v) is 13.9. The van der Waals surface area contributed by atoms with Crippen molar-refractivity contribution in [3.8, 4) is 11.5 Å². The Bertz CT molecular complexity index is 751. The van der Waals surface area contributed by atoms with Crippen LogP contribution in [0.25, 0.3) is 0 Å². The molecule has 0 fully saturated rings. The molecule has 1 atom stereocenters. The van der Waals surface area contributed by atoms with Crippen LogP contribution in [0.3, 0.4) is 0 Å². The maximum Gasteiger partial charge on any atom is 0.251 e. The fraction of sp³-hybridized carbons (Fsp3) is 0.278. The second-order valence-electron chi connectivity index (χ2n) is 5.73. The summed E-state index contributed by atoms with van der Waals surface area (Å²) in [5.41, 5.74) is 3.21. The number of carbonyl (C=O) groups is 1. The van der Waals surface area contributed by atoms with Crippen LogP contribution >= 0.6 is 12.4 Å². The highest BCUT2D eigenvalue weighted by Crippen LogP contribution is 2.32. The predicted molar refractivity (Wildman–Crippen MR) is 93.0 cm³/mol. The molecule has 2 heterocycles. The van der Waals surface area contributed by atoms with E-state index in [0.29, 0.717) is 23.6 Å². The first-order chi connectivity index (χ1) is 11.3. The van der Waals surface area contributed by atoms with Crippen LogP contribution in [0.4, 0.5) is 0 Å². The van der Waals surface area contributed by atoms with Crippen LogP contribution in [0.2, 0.25) is 0 Å². The Kier molecular flexibility index (Phi) is 4.92. The molecule has 24 heavy (non-hydrogen) atoms. The van der Waals surface area contributed by atoms with E-state index >= 15 is 0 Å². The quantitative estimate of drug-likeness (QED) is 0.896. The van der Waals surface area contributed by atoms with Gasteiger partial charge in [-0.15, -0.1) is 12.4 Å². The lowest BCUT2D eigenvalue weighted by Crippen LogP contribution is -2.38. The fourth-order valence-electron chi connectivity index (χ4n) is 3.11. The van der Waals surface area contributed by atoms with E-state index in [9.17, 15) is 4.79 Å². The Hall–Kier alpha value is -2.24. The lowest BCUT2D eigenvalue weighted by Gasteiger charge is -2.27. The number of benzene rings is 2. The number of nitrogens with one attached hydrogen (secondary N) is 2. The van der Waals surface area contributed by atoms with Crippen LogP contribution in [0.1, 0.15) is 27.5 Å². The Morgan fingerprint density at radius 1 is 1.17 bits per heavy atom. The van der Waals surface area contributed by atoms with E-state index in [1.807, 2.05) is 6.07 Å². The zero-order valence-electron chi connectivity index (χ0n) is 13.1. The highest BCUT2D eigenvalue weighted by Gasteiger charge is 2.21. The maximum atomic E-state index is 12.4. The third kappa shape index (κ3) is 3.18. The molecule has 2 aromatic carbocycles. The van der Waals surface area contributed by atoms with Crippen molar-refractivity contribution in [2.75, 3.05) is 19.9 Å². The molecule has 6 heteroatoms. The summed E-state index contributed by atoms with van der Waals surface area (Å²) in [5, 5.41) is 6.47. The SMILES string of the molecule is Cl.O=C(NCC1NCCc2ccccc21)c1ccc2c(c1)OCO2. The van der Waals surface area contributed by atoms with Crippen molar-refractivity contribution in [3.63, 3.8) is 0 Å². The van der Waals surface area contributed by atoms with Crippen LogP contribution in [-0.2, 0) is 6.42 Å². The molecule has 2 aliphatic rings. The van der Waals surface area contributed by atoms with Gasteiger partial charge in [-0.25, -0.2) is 0 Å². The van der Waals surface area contributed by atoms with E-state index in [2.05, 4.69) is 28.8 Å². The van der Waals surface area contributed by atoms with Crippen LogP contribution in [0, 0.1) is 0 Å². The van der Waals surface area contributed by atoms with Crippen LogP contribution < -0.4 is 20.1 Å². The molecule has 0 spiro atoms. The number of hydrogen-bond donors (Lipinski definition) is 2. The number of fused-ring (bicyclic) bond motifs is 2. The molecular weight excluding hydrogens is 328 g/mol. The van der Waals surface area contributed by atoms with Gasteiger partial charge in [0, 0.05) is 18.2 Å². The summed E-state index contributed by atoms with van der Waals surface area (Å²) in [4.78, 5) is 12.4. The van der Waals surface area contributed by atoms with Crippen molar-refractivity contribution in [1.82, 2.24) is 10.6 Å². The zero-order chi connectivity index (χ0) is 15.6. The van der Waals surface area contributed by atoms with Gasteiger partial charge in [0.25, 0.3) is 5.91 Å². The average Bonchev–Trinajstić information content (AvgIpc) is 3.07. The van der Waals surface area contributed by atoms with E-state index in [0.717, 1.165) is 13.0 Å². The van der Waals surface area contributed by atoms with Crippen LogP contribution in [0.15, 0.2) is 42.5 Å². The largest absolute Gasteiger partial charge is 0.454 e. The molecule has 1 amide bonds. The van der Waals surface area contributed by atoms with E-state index in [1.54, 1.807) is 18.2 Å². The summed E-state index contributed by atoms with van der Waals surface area (Å²) in [6, 6.07) is 13.8. The van der Waals surface area contributed by atoms with Gasteiger partial charge in [0.05, 0.1) is 0 Å². The van der Waals surface area contributed by atoms with Crippen molar-refractivity contribution in [2.24, 2.45) is 0 Å². The normalized spacial score (nSPS) is 17.6. The molecule has 5 nitrogen and oxygen atoms in total. The molecule has 0 saturated heterocycles. The van der Waals surface area contributed by atoms with Gasteiger partial charge in [-0.05, 0) is 42.3 Å². The first-order valence-electron chi connectivity index (χ1n) is 7.80. The second kappa shape index (κ2) is 7.11. The highest BCUT2D eigenvalue weighted by atomic mass is 35.5. The second-order valence-corrected chi connectivity index (χ2v) is 5.73. The minimum absolute atomic E-state index is 0. The maximum absolute atomic E-state index is 12.4. The van der Waals surface area contributed by atoms with Gasteiger partial charge in [-0.3, -0.25) is 4.79 Å². The van der Waals surface area contributed by atoms with Crippen molar-refractivity contribution < 1.29 is 14.3 Å². The summed E-state index contributed by atoms with van der Waals surface area (Å²) in [6.45, 7) is 1.70. The van der Waals surface area contributed by atoms with E-state index < -0.39 is 0 Å². The molecule has 4 rings (SSSR count). The first-order valence-corrected chi connectivity index (χ1v) is 7.80. The highest BCUT2D eigenvalue weighted by molar-refractivity contribution is 5.95. The summed E-state index contributed by atoms with van der Waals surface area (Å²) >= 11 is 0. The van der Waals surface area contributed by atoms with Crippen molar-refractivity contribution in [1.29, 1.82) is 0 Å². The van der Waals surface area contributed by atoms with Gasteiger partial charge in [0.15, 0.2) is 11.5 Å². The summed E-state index contributed by atoms with van der Waals surface area (Å²) in [6.07, 6.45) is 1.03. The lowest BCUT2D eigenvalue weighted by molar-refractivity contribution is 0.0948. The average molecular weight is 347 g/mol. The molecule has 0 bridgehead atoms. The van der Waals surface area contributed by atoms with Crippen molar-refractivity contribution >= 4 is 18.3 Å². The first kappa shape index (κ1) is 16.6. The molecule has 126 valence electrons. The smallest absolute Gasteiger partial charge is 0.251 e. The van der Waals surface area contributed by atoms with Gasteiger partial charge in [-0.1, -0.05) is 24.3 Å². The number of halogens is 1. The van der Waals surface area contributed by atoms with Gasteiger partial charge in [0.1, 0.15) is 0 Å². The fourth-order valence-corrected chi connectivity index (χ4v) is 3.11.